The predicted octanol–water partition coefficient (Wildman–Crippen LogP) is 1.83. The standard InChI is InChI=1S/C8H11F3N2OS/c9-8(10,11)5-14-3-7(13-12)6-1-2-15-4-6/h1-2,4,7,13H,3,5,12H2. The zero-order chi connectivity index (χ0) is 11.3. The molecule has 1 unspecified atom stereocenters. The summed E-state index contributed by atoms with van der Waals surface area (Å²) in [5.74, 6) is 5.21. The van der Waals surface area contributed by atoms with Crippen LogP contribution in [-0.4, -0.2) is 19.4 Å². The molecule has 0 saturated carbocycles. The number of hydrazine groups is 1. The van der Waals surface area contributed by atoms with Gasteiger partial charge in [-0.15, -0.1) is 0 Å². The molecule has 86 valence electrons. The van der Waals surface area contributed by atoms with Gasteiger partial charge >= 0.3 is 6.18 Å². The van der Waals surface area contributed by atoms with Gasteiger partial charge in [-0.2, -0.15) is 24.5 Å². The Labute approximate surface area is 89.0 Å². The minimum absolute atomic E-state index is 0.104. The average Bonchev–Trinajstić information content (AvgIpc) is 2.63. The lowest BCUT2D eigenvalue weighted by atomic mass is 10.2. The van der Waals surface area contributed by atoms with Gasteiger partial charge in [0.25, 0.3) is 0 Å². The number of nitrogens with one attached hydrogen (secondary N) is 1. The Morgan fingerprint density at radius 1 is 1.53 bits per heavy atom. The summed E-state index contributed by atoms with van der Waals surface area (Å²) in [5, 5.41) is 3.63. The van der Waals surface area contributed by atoms with E-state index in [9.17, 15) is 13.2 Å². The maximum Gasteiger partial charge on any atom is 0.411 e. The van der Waals surface area contributed by atoms with Gasteiger partial charge in [0.15, 0.2) is 0 Å². The Morgan fingerprint density at radius 3 is 2.73 bits per heavy atom. The van der Waals surface area contributed by atoms with E-state index in [1.807, 2.05) is 10.8 Å². The molecule has 0 radical (unpaired) electrons. The van der Waals surface area contributed by atoms with Gasteiger partial charge in [0, 0.05) is 0 Å². The van der Waals surface area contributed by atoms with Crippen molar-refractivity contribution >= 4 is 11.3 Å². The summed E-state index contributed by atoms with van der Waals surface area (Å²) in [5.41, 5.74) is 3.23. The number of halogens is 3. The molecular weight excluding hydrogens is 229 g/mol. The Balaban J connectivity index is 2.36. The van der Waals surface area contributed by atoms with Crippen LogP contribution in [0.15, 0.2) is 16.8 Å². The van der Waals surface area contributed by atoms with Crippen LogP contribution in [0, 0.1) is 0 Å². The summed E-state index contributed by atoms with van der Waals surface area (Å²) < 4.78 is 39.8. The lowest BCUT2D eigenvalue weighted by Gasteiger charge is -2.15. The van der Waals surface area contributed by atoms with Crippen molar-refractivity contribution in [3.8, 4) is 0 Å². The van der Waals surface area contributed by atoms with E-state index >= 15 is 0 Å². The van der Waals surface area contributed by atoms with Gasteiger partial charge in [-0.3, -0.25) is 11.3 Å². The summed E-state index contributed by atoms with van der Waals surface area (Å²) in [6, 6.07) is 1.38. The fourth-order valence-electron chi connectivity index (χ4n) is 1.01. The summed E-state index contributed by atoms with van der Waals surface area (Å²) in [6.45, 7) is -1.36. The number of thiophene rings is 1. The minimum atomic E-state index is -4.30. The fourth-order valence-corrected chi connectivity index (χ4v) is 1.72. The Morgan fingerprint density at radius 2 is 2.27 bits per heavy atom. The first-order valence-electron chi connectivity index (χ1n) is 4.15. The summed E-state index contributed by atoms with van der Waals surface area (Å²) in [4.78, 5) is 0. The highest BCUT2D eigenvalue weighted by Gasteiger charge is 2.28. The second-order valence-corrected chi connectivity index (χ2v) is 3.69. The van der Waals surface area contributed by atoms with Crippen LogP contribution in [0.2, 0.25) is 0 Å². The predicted molar refractivity (Wildman–Crippen MR) is 51.3 cm³/mol. The summed E-state index contributed by atoms with van der Waals surface area (Å²) in [6.07, 6.45) is -4.30. The van der Waals surface area contributed by atoms with Crippen molar-refractivity contribution in [2.75, 3.05) is 13.2 Å². The second kappa shape index (κ2) is 5.45. The van der Waals surface area contributed by atoms with Gasteiger partial charge in [-0.25, -0.2) is 0 Å². The number of ether oxygens (including phenoxy) is 1. The van der Waals surface area contributed by atoms with E-state index in [0.29, 0.717) is 0 Å². The van der Waals surface area contributed by atoms with Crippen LogP contribution in [0.1, 0.15) is 11.6 Å². The van der Waals surface area contributed by atoms with Gasteiger partial charge in [0.05, 0.1) is 12.6 Å². The Kier molecular flexibility index (Phi) is 4.52. The second-order valence-electron chi connectivity index (χ2n) is 2.91. The maximum atomic E-state index is 11.8. The number of alkyl halides is 3. The molecule has 1 atom stereocenters. The smallest absolute Gasteiger partial charge is 0.370 e. The molecule has 0 aliphatic rings. The van der Waals surface area contributed by atoms with Crippen molar-refractivity contribution in [1.82, 2.24) is 5.43 Å². The topological polar surface area (TPSA) is 47.3 Å². The third-order valence-corrected chi connectivity index (χ3v) is 2.40. The quantitative estimate of drug-likeness (QED) is 0.609. The molecule has 0 aliphatic heterocycles. The first-order valence-corrected chi connectivity index (χ1v) is 5.10. The van der Waals surface area contributed by atoms with Gasteiger partial charge in [0.2, 0.25) is 0 Å². The van der Waals surface area contributed by atoms with Crippen LogP contribution in [0.3, 0.4) is 0 Å². The van der Waals surface area contributed by atoms with E-state index in [4.69, 9.17) is 5.84 Å². The average molecular weight is 240 g/mol. The summed E-state index contributed by atoms with van der Waals surface area (Å²) in [7, 11) is 0. The SMILES string of the molecule is NNC(COCC(F)(F)F)c1ccsc1. The molecule has 1 rings (SSSR count). The molecule has 0 aliphatic carbocycles. The van der Waals surface area contributed by atoms with Crippen molar-refractivity contribution in [2.24, 2.45) is 5.84 Å². The van der Waals surface area contributed by atoms with Crippen LogP contribution < -0.4 is 11.3 Å². The molecule has 0 aromatic carbocycles. The highest BCUT2D eigenvalue weighted by Crippen LogP contribution is 2.18. The molecule has 15 heavy (non-hydrogen) atoms. The van der Waals surface area contributed by atoms with Gasteiger partial charge in [0.1, 0.15) is 6.61 Å². The lowest BCUT2D eigenvalue weighted by Crippen LogP contribution is -2.32. The Bertz CT molecular complexity index is 276. The van der Waals surface area contributed by atoms with E-state index in [-0.39, 0.29) is 6.61 Å². The van der Waals surface area contributed by atoms with Crippen LogP contribution >= 0.6 is 11.3 Å². The van der Waals surface area contributed by atoms with Gasteiger partial charge in [-0.1, -0.05) is 0 Å². The van der Waals surface area contributed by atoms with Crippen molar-refractivity contribution in [1.29, 1.82) is 0 Å². The molecule has 3 nitrogen and oxygen atoms in total. The van der Waals surface area contributed by atoms with Crippen LogP contribution in [0.4, 0.5) is 13.2 Å². The van der Waals surface area contributed by atoms with E-state index in [2.05, 4.69) is 10.2 Å². The van der Waals surface area contributed by atoms with Crippen molar-refractivity contribution in [3.05, 3.63) is 22.4 Å². The molecule has 1 heterocycles. The number of hydrogen-bond acceptors (Lipinski definition) is 4. The van der Waals surface area contributed by atoms with E-state index in [1.165, 1.54) is 11.3 Å². The van der Waals surface area contributed by atoms with Crippen LogP contribution in [-0.2, 0) is 4.74 Å². The highest BCUT2D eigenvalue weighted by molar-refractivity contribution is 7.07. The molecule has 0 fully saturated rings. The molecular formula is C8H11F3N2OS. The molecule has 1 aromatic rings. The monoisotopic (exact) mass is 240 g/mol. The van der Waals surface area contributed by atoms with E-state index < -0.39 is 18.8 Å². The zero-order valence-electron chi connectivity index (χ0n) is 7.75. The molecule has 0 amide bonds. The van der Waals surface area contributed by atoms with Gasteiger partial charge < -0.3 is 4.74 Å². The molecule has 7 heteroatoms. The third-order valence-electron chi connectivity index (χ3n) is 1.70. The normalized spacial score (nSPS) is 14.1. The lowest BCUT2D eigenvalue weighted by molar-refractivity contribution is -0.175. The van der Waals surface area contributed by atoms with E-state index in [1.54, 1.807) is 6.07 Å². The van der Waals surface area contributed by atoms with E-state index in [0.717, 1.165) is 5.56 Å². The molecule has 1 aromatic heterocycles. The van der Waals surface area contributed by atoms with Crippen molar-refractivity contribution < 1.29 is 17.9 Å². The first kappa shape index (κ1) is 12.4. The maximum absolute atomic E-state index is 11.8. The molecule has 0 saturated heterocycles. The zero-order valence-corrected chi connectivity index (χ0v) is 8.57. The van der Waals surface area contributed by atoms with Crippen molar-refractivity contribution in [3.63, 3.8) is 0 Å². The summed E-state index contributed by atoms with van der Waals surface area (Å²) >= 11 is 1.45. The molecule has 0 bridgehead atoms. The Hall–Kier alpha value is -0.630. The molecule has 0 spiro atoms. The minimum Gasteiger partial charge on any atom is -0.370 e. The number of nitrogens with two attached hydrogens (primary N) is 1. The fraction of sp³-hybridized carbons (Fsp3) is 0.500. The third kappa shape index (κ3) is 4.61. The van der Waals surface area contributed by atoms with Gasteiger partial charge in [-0.05, 0) is 22.4 Å². The molecule has 3 N–H and O–H groups in total. The largest absolute Gasteiger partial charge is 0.411 e. The number of hydrogen-bond donors (Lipinski definition) is 2. The van der Waals surface area contributed by atoms with Crippen molar-refractivity contribution in [2.45, 2.75) is 12.2 Å². The first-order chi connectivity index (χ1) is 7.03. The van der Waals surface area contributed by atoms with Crippen LogP contribution in [0.25, 0.3) is 0 Å². The highest BCUT2D eigenvalue weighted by atomic mass is 32.1. The van der Waals surface area contributed by atoms with Crippen LogP contribution in [0.5, 0.6) is 0 Å². The number of rotatable bonds is 5.